The van der Waals surface area contributed by atoms with Gasteiger partial charge in [-0.15, -0.1) is 0 Å². The van der Waals surface area contributed by atoms with Crippen molar-refractivity contribution in [3.8, 4) is 0 Å². The van der Waals surface area contributed by atoms with E-state index >= 15 is 0 Å². The summed E-state index contributed by atoms with van der Waals surface area (Å²) in [4.78, 5) is 100. The van der Waals surface area contributed by atoms with Gasteiger partial charge in [-0.1, -0.05) is 55.4 Å². The van der Waals surface area contributed by atoms with Gasteiger partial charge in [-0.2, -0.15) is 0 Å². The van der Waals surface area contributed by atoms with Gasteiger partial charge in [0.25, 0.3) is 0 Å². The maximum Gasteiger partial charge on any atom is 0.245 e. The minimum Gasteiger partial charge on any atom is -0.343 e. The Balaban J connectivity index is 2.05. The van der Waals surface area contributed by atoms with Crippen molar-refractivity contribution < 1.29 is 33.6 Å². The van der Waals surface area contributed by atoms with Gasteiger partial charge in [0.2, 0.25) is 41.4 Å². The highest BCUT2D eigenvalue weighted by Gasteiger charge is 2.41. The van der Waals surface area contributed by atoms with E-state index in [1.165, 1.54) is 4.90 Å². The van der Waals surface area contributed by atoms with Crippen molar-refractivity contribution in [3.63, 3.8) is 0 Å². The standard InChI is InChI=1S/C38H65N7O7/c1-22(2)18-27-34(48)41-28(19-23(3)4)35(49)42-29(20-24(5)6)36(50)43-30(21-25(7)8)38(52)45-17-11-12-31(45)37(51)39-26(33(47)40-27)13-14-32(46)44-15-9-10-16-44/h22-31H,9-21H2,1-8H3,(H,39,51)(H,40,47)(H,41,48)(H,42,49)(H,43,50)/t26?,27-,28-,29-,30+,31-/m1/s1. The molecule has 0 aromatic heterocycles. The van der Waals surface area contributed by atoms with Gasteiger partial charge in [0.05, 0.1) is 0 Å². The number of rotatable bonds is 11. The van der Waals surface area contributed by atoms with E-state index in [4.69, 9.17) is 0 Å². The van der Waals surface area contributed by atoms with E-state index in [0.717, 1.165) is 12.8 Å². The lowest BCUT2D eigenvalue weighted by molar-refractivity contribution is -0.143. The summed E-state index contributed by atoms with van der Waals surface area (Å²) in [5, 5.41) is 14.3. The Morgan fingerprint density at radius 2 is 0.923 bits per heavy atom. The quantitative estimate of drug-likeness (QED) is 0.215. The summed E-state index contributed by atoms with van der Waals surface area (Å²) in [6.07, 6.45) is 3.90. The molecule has 14 nitrogen and oxygen atoms in total. The van der Waals surface area contributed by atoms with E-state index in [1.54, 1.807) is 4.90 Å². The van der Waals surface area contributed by atoms with Gasteiger partial charge in [-0.25, -0.2) is 0 Å². The normalized spacial score (nSPS) is 27.3. The van der Waals surface area contributed by atoms with E-state index < -0.39 is 71.7 Å². The molecule has 3 aliphatic rings. The first-order chi connectivity index (χ1) is 24.5. The second-order valence-electron chi connectivity index (χ2n) is 16.6. The largest absolute Gasteiger partial charge is 0.343 e. The van der Waals surface area contributed by atoms with Crippen molar-refractivity contribution in [3.05, 3.63) is 0 Å². The maximum absolute atomic E-state index is 14.2. The topological polar surface area (TPSA) is 186 Å². The highest BCUT2D eigenvalue weighted by molar-refractivity contribution is 5.98. The predicted molar refractivity (Wildman–Crippen MR) is 197 cm³/mol. The smallest absolute Gasteiger partial charge is 0.245 e. The predicted octanol–water partition coefficient (Wildman–Crippen LogP) is 2.00. The zero-order valence-electron chi connectivity index (χ0n) is 32.7. The fraction of sp³-hybridized carbons (Fsp3) is 0.816. The Labute approximate surface area is 310 Å². The lowest BCUT2D eigenvalue weighted by atomic mass is 9.97. The molecule has 0 aromatic rings. The van der Waals surface area contributed by atoms with Gasteiger partial charge in [0.15, 0.2) is 0 Å². The van der Waals surface area contributed by atoms with E-state index in [0.29, 0.717) is 45.3 Å². The molecule has 3 fully saturated rings. The van der Waals surface area contributed by atoms with Crippen molar-refractivity contribution in [1.29, 1.82) is 0 Å². The zero-order chi connectivity index (χ0) is 38.7. The summed E-state index contributed by atoms with van der Waals surface area (Å²) in [5.74, 6) is -3.24. The van der Waals surface area contributed by atoms with Crippen LogP contribution in [0.1, 0.15) is 120 Å². The van der Waals surface area contributed by atoms with Crippen LogP contribution in [0.4, 0.5) is 0 Å². The molecular weight excluding hydrogens is 666 g/mol. The molecule has 0 radical (unpaired) electrons. The first kappa shape index (κ1) is 42.7. The van der Waals surface area contributed by atoms with Crippen LogP contribution in [-0.2, 0) is 33.6 Å². The van der Waals surface area contributed by atoms with E-state index in [9.17, 15) is 33.6 Å². The highest BCUT2D eigenvalue weighted by Crippen LogP contribution is 2.22. The molecule has 294 valence electrons. The monoisotopic (exact) mass is 731 g/mol. The molecule has 3 heterocycles. The number of hydrogen-bond acceptors (Lipinski definition) is 7. The Hall–Kier alpha value is -3.71. The lowest BCUT2D eigenvalue weighted by Crippen LogP contribution is -2.61. The number of nitrogens with zero attached hydrogens (tertiary/aromatic N) is 2. The van der Waals surface area contributed by atoms with Gasteiger partial charge >= 0.3 is 0 Å². The number of hydrogen-bond donors (Lipinski definition) is 5. The Morgan fingerprint density at radius 3 is 1.37 bits per heavy atom. The molecule has 3 saturated heterocycles. The first-order valence-electron chi connectivity index (χ1n) is 19.6. The van der Waals surface area contributed by atoms with E-state index in [1.807, 2.05) is 55.4 Å². The molecule has 0 bridgehead atoms. The van der Waals surface area contributed by atoms with Crippen LogP contribution < -0.4 is 26.6 Å². The molecule has 3 rings (SSSR count). The zero-order valence-corrected chi connectivity index (χ0v) is 32.7. The molecule has 5 N–H and O–H groups in total. The lowest BCUT2D eigenvalue weighted by Gasteiger charge is -2.32. The second-order valence-corrected chi connectivity index (χ2v) is 16.6. The SMILES string of the molecule is CC(C)C[C@@H]1NC(=O)[C@@H](CC(C)C)NC(=O)[C@@H](CC(C)C)NC(=O)[C@@H](CC(C)C)NC(=O)C(CCC(=O)N2CCCC2)NC(=O)[C@H]2CCCN2C1=O. The summed E-state index contributed by atoms with van der Waals surface area (Å²) in [6.45, 7) is 17.0. The summed E-state index contributed by atoms with van der Waals surface area (Å²) in [7, 11) is 0. The summed E-state index contributed by atoms with van der Waals surface area (Å²) < 4.78 is 0. The van der Waals surface area contributed by atoms with Gasteiger partial charge in [-0.05, 0) is 81.5 Å². The third-order valence-corrected chi connectivity index (χ3v) is 9.92. The molecule has 7 amide bonds. The number of fused-ring (bicyclic) bond motifs is 1. The van der Waals surface area contributed by atoms with Crippen LogP contribution in [0.5, 0.6) is 0 Å². The molecule has 52 heavy (non-hydrogen) atoms. The number of nitrogens with one attached hydrogen (secondary N) is 5. The van der Waals surface area contributed by atoms with Gasteiger partial charge in [0, 0.05) is 26.1 Å². The molecule has 1 unspecified atom stereocenters. The van der Waals surface area contributed by atoms with Crippen LogP contribution in [0, 0.1) is 23.7 Å². The third-order valence-electron chi connectivity index (χ3n) is 9.92. The fourth-order valence-corrected chi connectivity index (χ4v) is 7.32. The Kier molecular flexibility index (Phi) is 16.4. The molecule has 0 aromatic carbocycles. The average molecular weight is 732 g/mol. The van der Waals surface area contributed by atoms with Gasteiger partial charge in [0.1, 0.15) is 36.3 Å². The average Bonchev–Trinajstić information content (AvgIpc) is 3.77. The summed E-state index contributed by atoms with van der Waals surface area (Å²) in [6, 6.07) is -6.03. The van der Waals surface area contributed by atoms with E-state index in [2.05, 4.69) is 26.6 Å². The van der Waals surface area contributed by atoms with Crippen LogP contribution in [0.15, 0.2) is 0 Å². The Bertz CT molecular complexity index is 1280. The Morgan fingerprint density at radius 1 is 0.538 bits per heavy atom. The molecule has 6 atom stereocenters. The molecule has 14 heteroatoms. The second kappa shape index (κ2) is 19.9. The highest BCUT2D eigenvalue weighted by atomic mass is 16.2. The van der Waals surface area contributed by atoms with Crippen molar-refractivity contribution >= 4 is 41.4 Å². The fourth-order valence-electron chi connectivity index (χ4n) is 7.32. The number of carbonyl (C=O) groups excluding carboxylic acids is 7. The van der Waals surface area contributed by atoms with Crippen LogP contribution >= 0.6 is 0 Å². The van der Waals surface area contributed by atoms with Crippen LogP contribution in [0.2, 0.25) is 0 Å². The summed E-state index contributed by atoms with van der Waals surface area (Å²) >= 11 is 0. The molecular formula is C38H65N7O7. The minimum absolute atomic E-state index is 0.00129. The third kappa shape index (κ3) is 12.8. The van der Waals surface area contributed by atoms with Gasteiger partial charge < -0.3 is 36.4 Å². The van der Waals surface area contributed by atoms with Crippen LogP contribution in [0.25, 0.3) is 0 Å². The van der Waals surface area contributed by atoms with Gasteiger partial charge in [-0.3, -0.25) is 33.6 Å². The minimum atomic E-state index is -1.16. The van der Waals surface area contributed by atoms with Crippen molar-refractivity contribution in [2.45, 2.75) is 156 Å². The number of amides is 7. The summed E-state index contributed by atoms with van der Waals surface area (Å²) in [5.41, 5.74) is 0. The van der Waals surface area contributed by atoms with Crippen molar-refractivity contribution in [1.82, 2.24) is 36.4 Å². The maximum atomic E-state index is 14.2. The first-order valence-corrected chi connectivity index (χ1v) is 19.6. The van der Waals surface area contributed by atoms with Crippen molar-refractivity contribution in [2.75, 3.05) is 19.6 Å². The van der Waals surface area contributed by atoms with Crippen molar-refractivity contribution in [2.24, 2.45) is 23.7 Å². The number of carbonyl (C=O) groups is 7. The molecule has 0 spiro atoms. The van der Waals surface area contributed by atoms with Crippen LogP contribution in [-0.4, -0.2) is 107 Å². The van der Waals surface area contributed by atoms with E-state index in [-0.39, 0.29) is 55.3 Å². The molecule has 0 aliphatic carbocycles. The molecule has 0 saturated carbocycles. The van der Waals surface area contributed by atoms with Crippen LogP contribution in [0.3, 0.4) is 0 Å². The molecule has 3 aliphatic heterocycles. The number of likely N-dealkylation sites (tertiary alicyclic amines) is 1.